The number of fused-ring (bicyclic) bond motifs is 2. The van der Waals surface area contributed by atoms with Crippen LogP contribution in [0.1, 0.15) is 31.1 Å². The molecule has 2 N–H and O–H groups in total. The van der Waals surface area contributed by atoms with Crippen LogP contribution in [-0.4, -0.2) is 45.3 Å². The first-order valence-electron chi connectivity index (χ1n) is 9.88. The Bertz CT molecular complexity index is 1460. The van der Waals surface area contributed by atoms with E-state index in [1.165, 1.54) is 10.8 Å². The van der Waals surface area contributed by atoms with Crippen molar-refractivity contribution in [3.05, 3.63) is 58.0 Å². The van der Waals surface area contributed by atoms with Crippen LogP contribution in [0.2, 0.25) is 5.02 Å². The second-order valence-corrected chi connectivity index (χ2v) is 7.82. The highest BCUT2D eigenvalue weighted by Crippen LogP contribution is 2.36. The first-order valence-corrected chi connectivity index (χ1v) is 10.3. The van der Waals surface area contributed by atoms with E-state index in [9.17, 15) is 4.79 Å². The maximum Gasteiger partial charge on any atom is 0.284 e. The zero-order chi connectivity index (χ0) is 21.1. The van der Waals surface area contributed by atoms with Crippen molar-refractivity contribution < 1.29 is 0 Å². The van der Waals surface area contributed by atoms with Crippen molar-refractivity contribution in [2.45, 2.75) is 25.3 Å². The minimum absolute atomic E-state index is 0.108. The Kier molecular flexibility index (Phi) is 3.87. The summed E-state index contributed by atoms with van der Waals surface area (Å²) in [4.78, 5) is 28.1. The fourth-order valence-corrected chi connectivity index (χ4v) is 4.31. The largest absolute Gasteiger partial charge is 0.368 e. The summed E-state index contributed by atoms with van der Waals surface area (Å²) >= 11 is 6.29. The number of rotatable bonds is 3. The SMILES string of the molecule is Nc1nc(N2CC[C@H]2c2nn3ccc(Cl)c3c(=O)n2C2=CCCC=C2)n2ncnc2n1. The van der Waals surface area contributed by atoms with E-state index in [0.29, 0.717) is 34.6 Å². The second-order valence-electron chi connectivity index (χ2n) is 7.42. The number of nitrogens with zero attached hydrogens (tertiary/aromatic N) is 9. The monoisotopic (exact) mass is 436 g/mol. The zero-order valence-corrected chi connectivity index (χ0v) is 17.0. The number of halogens is 1. The van der Waals surface area contributed by atoms with E-state index in [1.807, 2.05) is 17.1 Å². The van der Waals surface area contributed by atoms with Crippen LogP contribution in [0.25, 0.3) is 17.0 Å². The predicted octanol–water partition coefficient (Wildman–Crippen LogP) is 1.71. The number of nitrogen functional groups attached to an aromatic ring is 1. The highest BCUT2D eigenvalue weighted by molar-refractivity contribution is 6.33. The number of hydrogen-bond donors (Lipinski definition) is 1. The highest BCUT2D eigenvalue weighted by Gasteiger charge is 2.37. The first-order chi connectivity index (χ1) is 15.1. The molecule has 0 spiro atoms. The summed E-state index contributed by atoms with van der Waals surface area (Å²) in [5.41, 5.74) is 6.82. The lowest BCUT2D eigenvalue weighted by molar-refractivity contribution is 0.416. The van der Waals surface area contributed by atoms with Crippen LogP contribution in [0, 0.1) is 0 Å². The van der Waals surface area contributed by atoms with E-state index in [1.54, 1.807) is 21.3 Å². The van der Waals surface area contributed by atoms with Gasteiger partial charge in [0.1, 0.15) is 11.8 Å². The average Bonchev–Trinajstić information content (AvgIpc) is 3.35. The number of allylic oxidation sites excluding steroid dienone is 4. The van der Waals surface area contributed by atoms with Crippen LogP contribution in [0.4, 0.5) is 11.9 Å². The van der Waals surface area contributed by atoms with Gasteiger partial charge in [0.2, 0.25) is 11.9 Å². The van der Waals surface area contributed by atoms with E-state index in [0.717, 1.165) is 25.0 Å². The van der Waals surface area contributed by atoms with Gasteiger partial charge in [-0.2, -0.15) is 29.7 Å². The van der Waals surface area contributed by atoms with Gasteiger partial charge in [-0.25, -0.2) is 4.52 Å². The van der Waals surface area contributed by atoms with Crippen LogP contribution in [0.3, 0.4) is 0 Å². The fourth-order valence-electron chi connectivity index (χ4n) is 4.09. The summed E-state index contributed by atoms with van der Waals surface area (Å²) in [5.74, 6) is 1.58. The zero-order valence-electron chi connectivity index (χ0n) is 16.3. The molecule has 0 aromatic carbocycles. The van der Waals surface area contributed by atoms with Gasteiger partial charge in [-0.15, -0.1) is 0 Å². The molecule has 12 heteroatoms. The molecule has 1 aliphatic heterocycles. The van der Waals surface area contributed by atoms with Gasteiger partial charge >= 0.3 is 0 Å². The molecule has 2 aliphatic rings. The van der Waals surface area contributed by atoms with Crippen molar-refractivity contribution in [3.8, 4) is 0 Å². The summed E-state index contributed by atoms with van der Waals surface area (Å²) in [6, 6.07) is 1.46. The predicted molar refractivity (Wildman–Crippen MR) is 115 cm³/mol. The molecule has 0 radical (unpaired) electrons. The minimum Gasteiger partial charge on any atom is -0.368 e. The quantitative estimate of drug-likeness (QED) is 0.514. The minimum atomic E-state index is -0.212. The summed E-state index contributed by atoms with van der Waals surface area (Å²) in [5, 5.41) is 9.37. The Morgan fingerprint density at radius 1 is 1.23 bits per heavy atom. The topological polar surface area (TPSA) is 125 Å². The Balaban J connectivity index is 1.56. The molecule has 4 aromatic rings. The fraction of sp³-hybridized carbons (Fsp3) is 0.263. The molecule has 1 aliphatic carbocycles. The Morgan fingerprint density at radius 2 is 2.13 bits per heavy atom. The maximum atomic E-state index is 13.5. The first kappa shape index (κ1) is 18.1. The number of hydrogen-bond acceptors (Lipinski definition) is 8. The normalized spacial score (nSPS) is 18.5. The van der Waals surface area contributed by atoms with Gasteiger partial charge in [0.25, 0.3) is 11.3 Å². The summed E-state index contributed by atoms with van der Waals surface area (Å²) < 4.78 is 4.73. The van der Waals surface area contributed by atoms with Gasteiger partial charge < -0.3 is 10.6 Å². The Morgan fingerprint density at radius 3 is 2.90 bits per heavy atom. The van der Waals surface area contributed by atoms with E-state index < -0.39 is 0 Å². The third-order valence-corrected chi connectivity index (χ3v) is 5.92. The molecule has 5 heterocycles. The highest BCUT2D eigenvalue weighted by atomic mass is 35.5. The third kappa shape index (κ3) is 2.66. The molecule has 1 fully saturated rings. The maximum absolute atomic E-state index is 13.5. The number of anilines is 2. The van der Waals surface area contributed by atoms with Gasteiger partial charge in [-0.05, 0) is 31.4 Å². The standard InChI is InChI=1S/C19H17ClN10O/c20-12-6-9-28-14(12)16(31)29(11-4-2-1-3-5-11)15(26-28)13-7-8-27(13)19-25-17(21)24-18-22-10-23-30(18)19/h2,4-6,9-10,13H,1,3,7-8H2,(H2,21,22,23,24)/t13-/m0/s1. The smallest absolute Gasteiger partial charge is 0.284 e. The molecule has 4 aromatic heterocycles. The Hall–Kier alpha value is -3.73. The molecule has 1 atom stereocenters. The van der Waals surface area contributed by atoms with Crippen LogP contribution >= 0.6 is 11.6 Å². The van der Waals surface area contributed by atoms with Crippen molar-refractivity contribution in [3.63, 3.8) is 0 Å². The van der Waals surface area contributed by atoms with Crippen LogP contribution in [0.15, 0.2) is 41.6 Å². The number of nitrogens with two attached hydrogens (primary N) is 1. The second kappa shape index (κ2) is 6.64. The molecule has 156 valence electrons. The van der Waals surface area contributed by atoms with Gasteiger partial charge in [-0.3, -0.25) is 9.36 Å². The molecule has 6 rings (SSSR count). The van der Waals surface area contributed by atoms with Crippen molar-refractivity contribution in [1.29, 1.82) is 0 Å². The number of aromatic nitrogens is 8. The summed E-state index contributed by atoms with van der Waals surface area (Å²) in [6.07, 6.45) is 11.7. The van der Waals surface area contributed by atoms with Crippen molar-refractivity contribution in [2.75, 3.05) is 17.2 Å². The van der Waals surface area contributed by atoms with E-state index >= 15 is 0 Å². The molecule has 11 nitrogen and oxygen atoms in total. The molecular weight excluding hydrogens is 420 g/mol. The van der Waals surface area contributed by atoms with E-state index in [-0.39, 0.29) is 17.5 Å². The van der Waals surface area contributed by atoms with Gasteiger partial charge in [0.15, 0.2) is 5.82 Å². The molecule has 0 bridgehead atoms. The van der Waals surface area contributed by atoms with Crippen LogP contribution < -0.4 is 16.2 Å². The molecule has 0 unspecified atom stereocenters. The molecule has 0 amide bonds. The summed E-state index contributed by atoms with van der Waals surface area (Å²) in [6.45, 7) is 0.700. The molecule has 0 saturated carbocycles. The van der Waals surface area contributed by atoms with Gasteiger partial charge in [0, 0.05) is 18.4 Å². The van der Waals surface area contributed by atoms with Crippen molar-refractivity contribution in [1.82, 2.24) is 38.7 Å². The Labute approximate surface area is 180 Å². The molecule has 1 saturated heterocycles. The van der Waals surface area contributed by atoms with Crippen LogP contribution in [0.5, 0.6) is 0 Å². The lowest BCUT2D eigenvalue weighted by atomic mass is 10.0. The average molecular weight is 437 g/mol. The molecular formula is C19H17ClN10O. The third-order valence-electron chi connectivity index (χ3n) is 5.62. The summed E-state index contributed by atoms with van der Waals surface area (Å²) in [7, 11) is 0. The van der Waals surface area contributed by atoms with E-state index in [2.05, 4.69) is 26.1 Å². The van der Waals surface area contributed by atoms with Gasteiger partial charge in [0.05, 0.1) is 11.1 Å². The molecule has 31 heavy (non-hydrogen) atoms. The van der Waals surface area contributed by atoms with Crippen LogP contribution in [-0.2, 0) is 0 Å². The van der Waals surface area contributed by atoms with Crippen molar-refractivity contribution >= 4 is 40.5 Å². The van der Waals surface area contributed by atoms with E-state index in [4.69, 9.17) is 22.4 Å². The van der Waals surface area contributed by atoms with Gasteiger partial charge in [-0.1, -0.05) is 23.8 Å². The lowest BCUT2D eigenvalue weighted by Gasteiger charge is -2.41. The van der Waals surface area contributed by atoms with Crippen molar-refractivity contribution in [2.24, 2.45) is 0 Å². The lowest BCUT2D eigenvalue weighted by Crippen LogP contribution is -2.46.